The van der Waals surface area contributed by atoms with Crippen LogP contribution in [0.25, 0.3) is 0 Å². The fraction of sp³-hybridized carbons (Fsp3) is 0.308. The van der Waals surface area contributed by atoms with E-state index in [2.05, 4.69) is 36.2 Å². The molecule has 1 fully saturated rings. The third kappa shape index (κ3) is 3.24. The summed E-state index contributed by atoms with van der Waals surface area (Å²) < 4.78 is 14.4. The number of nitrogens with one attached hydrogen (secondary N) is 1. The maximum atomic E-state index is 13.8. The second kappa shape index (κ2) is 6.11. The van der Waals surface area contributed by atoms with Gasteiger partial charge in [-0.2, -0.15) is 15.0 Å². The maximum Gasteiger partial charge on any atom is 0.233 e. The van der Waals surface area contributed by atoms with Crippen LogP contribution in [0.2, 0.25) is 5.28 Å². The molecule has 3 rings (SSSR count). The van der Waals surface area contributed by atoms with E-state index in [4.69, 9.17) is 11.6 Å². The van der Waals surface area contributed by atoms with Gasteiger partial charge in [0.15, 0.2) is 0 Å². The molecule has 110 valence electrons. The van der Waals surface area contributed by atoms with Gasteiger partial charge in [0.25, 0.3) is 0 Å². The Morgan fingerprint density at radius 1 is 1.19 bits per heavy atom. The van der Waals surface area contributed by atoms with Gasteiger partial charge in [0.05, 0.1) is 5.69 Å². The Morgan fingerprint density at radius 2 is 1.95 bits per heavy atom. The largest absolute Gasteiger partial charge is 0.341 e. The molecule has 1 saturated heterocycles. The van der Waals surface area contributed by atoms with Crippen molar-refractivity contribution in [2.75, 3.05) is 23.3 Å². The molecule has 1 aliphatic heterocycles. The molecule has 1 aromatic carbocycles. The van der Waals surface area contributed by atoms with Crippen LogP contribution in [-0.2, 0) is 0 Å². The first-order valence-corrected chi connectivity index (χ1v) is 7.68. The molecule has 0 spiro atoms. The predicted octanol–water partition coefficient (Wildman–Crippen LogP) is 3.77. The van der Waals surface area contributed by atoms with E-state index in [9.17, 15) is 4.39 Å². The van der Waals surface area contributed by atoms with Crippen molar-refractivity contribution in [2.45, 2.75) is 12.8 Å². The fourth-order valence-electron chi connectivity index (χ4n) is 2.18. The summed E-state index contributed by atoms with van der Waals surface area (Å²) in [6, 6.07) is 4.70. The lowest BCUT2D eigenvalue weighted by atomic mass is 10.3. The molecule has 0 radical (unpaired) electrons. The van der Waals surface area contributed by atoms with Gasteiger partial charge >= 0.3 is 0 Å². The van der Waals surface area contributed by atoms with Crippen LogP contribution in [0.15, 0.2) is 22.7 Å². The predicted molar refractivity (Wildman–Crippen MR) is 83.7 cm³/mol. The molecule has 1 aliphatic rings. The number of hydrogen-bond donors (Lipinski definition) is 1. The minimum Gasteiger partial charge on any atom is -0.341 e. The maximum absolute atomic E-state index is 13.8. The van der Waals surface area contributed by atoms with Gasteiger partial charge < -0.3 is 10.2 Å². The number of benzene rings is 1. The summed E-state index contributed by atoms with van der Waals surface area (Å²) in [7, 11) is 0. The highest BCUT2D eigenvalue weighted by molar-refractivity contribution is 9.10. The molecule has 1 aromatic heterocycles. The SMILES string of the molecule is Fc1cccc(Br)c1Nc1nc(Cl)nc(N2CCCC2)n1. The highest BCUT2D eigenvalue weighted by Crippen LogP contribution is 2.28. The molecule has 0 saturated carbocycles. The van der Waals surface area contributed by atoms with Crippen molar-refractivity contribution < 1.29 is 4.39 Å². The molecule has 0 aliphatic carbocycles. The van der Waals surface area contributed by atoms with Crippen LogP contribution < -0.4 is 10.2 Å². The lowest BCUT2D eigenvalue weighted by Crippen LogP contribution is -2.21. The Morgan fingerprint density at radius 3 is 2.67 bits per heavy atom. The number of rotatable bonds is 3. The minimum absolute atomic E-state index is 0.0851. The van der Waals surface area contributed by atoms with Crippen molar-refractivity contribution in [3.8, 4) is 0 Å². The Labute approximate surface area is 134 Å². The third-order valence-corrected chi connectivity index (χ3v) is 4.01. The smallest absolute Gasteiger partial charge is 0.233 e. The van der Waals surface area contributed by atoms with Crippen molar-refractivity contribution in [1.82, 2.24) is 15.0 Å². The summed E-state index contributed by atoms with van der Waals surface area (Å²) in [5, 5.41) is 2.94. The molecule has 5 nitrogen and oxygen atoms in total. The van der Waals surface area contributed by atoms with Gasteiger partial charge in [0, 0.05) is 17.6 Å². The Hall–Kier alpha value is -1.47. The van der Waals surface area contributed by atoms with Gasteiger partial charge in [-0.15, -0.1) is 0 Å². The highest BCUT2D eigenvalue weighted by atomic mass is 79.9. The average Bonchev–Trinajstić information content (AvgIpc) is 2.97. The molecule has 21 heavy (non-hydrogen) atoms. The Bertz CT molecular complexity index is 643. The zero-order valence-electron chi connectivity index (χ0n) is 11.0. The number of halogens is 3. The van der Waals surface area contributed by atoms with E-state index in [0.717, 1.165) is 25.9 Å². The second-order valence-corrected chi connectivity index (χ2v) is 5.84. The van der Waals surface area contributed by atoms with Crippen LogP contribution in [0.1, 0.15) is 12.8 Å². The fourth-order valence-corrected chi connectivity index (χ4v) is 2.78. The summed E-state index contributed by atoms with van der Waals surface area (Å²) in [6.45, 7) is 1.78. The van der Waals surface area contributed by atoms with E-state index >= 15 is 0 Å². The first-order valence-electron chi connectivity index (χ1n) is 6.51. The second-order valence-electron chi connectivity index (χ2n) is 4.64. The summed E-state index contributed by atoms with van der Waals surface area (Å²) in [5.41, 5.74) is 0.270. The van der Waals surface area contributed by atoms with E-state index in [-0.39, 0.29) is 16.9 Å². The zero-order valence-corrected chi connectivity index (χ0v) is 13.3. The number of hydrogen-bond acceptors (Lipinski definition) is 5. The molecular weight excluding hydrogens is 361 g/mol. The zero-order chi connectivity index (χ0) is 14.8. The van der Waals surface area contributed by atoms with E-state index in [1.807, 2.05) is 4.90 Å². The van der Waals surface area contributed by atoms with Crippen LogP contribution in [0.3, 0.4) is 0 Å². The van der Waals surface area contributed by atoms with Crippen LogP contribution >= 0.6 is 27.5 Å². The lowest BCUT2D eigenvalue weighted by molar-refractivity contribution is 0.631. The molecular formula is C13H12BrClFN5. The van der Waals surface area contributed by atoms with E-state index in [1.165, 1.54) is 6.07 Å². The van der Waals surface area contributed by atoms with Crippen molar-refractivity contribution in [2.24, 2.45) is 0 Å². The number of anilines is 3. The van der Waals surface area contributed by atoms with E-state index in [1.54, 1.807) is 12.1 Å². The van der Waals surface area contributed by atoms with Crippen LogP contribution in [0, 0.1) is 5.82 Å². The quantitative estimate of drug-likeness (QED) is 0.889. The van der Waals surface area contributed by atoms with Gasteiger partial charge in [0.1, 0.15) is 5.82 Å². The third-order valence-electron chi connectivity index (χ3n) is 3.18. The van der Waals surface area contributed by atoms with Crippen LogP contribution in [0.5, 0.6) is 0 Å². The Balaban J connectivity index is 1.91. The molecule has 0 atom stereocenters. The Kier molecular flexibility index (Phi) is 4.21. The molecule has 0 unspecified atom stereocenters. The van der Waals surface area contributed by atoms with Gasteiger partial charge in [-0.1, -0.05) is 6.07 Å². The van der Waals surface area contributed by atoms with Gasteiger partial charge in [-0.05, 0) is 52.5 Å². The molecule has 0 amide bonds. The summed E-state index contributed by atoms with van der Waals surface area (Å²) in [4.78, 5) is 14.5. The molecule has 1 N–H and O–H groups in total. The molecule has 2 heterocycles. The van der Waals surface area contributed by atoms with Gasteiger partial charge in [-0.25, -0.2) is 4.39 Å². The van der Waals surface area contributed by atoms with Crippen molar-refractivity contribution in [3.63, 3.8) is 0 Å². The van der Waals surface area contributed by atoms with Gasteiger partial charge in [-0.3, -0.25) is 0 Å². The van der Waals surface area contributed by atoms with E-state index < -0.39 is 5.82 Å². The lowest BCUT2D eigenvalue weighted by Gasteiger charge is -2.16. The molecule has 2 aromatic rings. The normalized spacial score (nSPS) is 14.5. The monoisotopic (exact) mass is 371 g/mol. The average molecular weight is 373 g/mol. The number of nitrogens with zero attached hydrogens (tertiary/aromatic N) is 4. The van der Waals surface area contributed by atoms with Crippen molar-refractivity contribution in [1.29, 1.82) is 0 Å². The highest BCUT2D eigenvalue weighted by Gasteiger charge is 2.17. The summed E-state index contributed by atoms with van der Waals surface area (Å²) in [6.07, 6.45) is 2.20. The van der Waals surface area contributed by atoms with Crippen molar-refractivity contribution >= 4 is 45.1 Å². The van der Waals surface area contributed by atoms with Crippen LogP contribution in [0.4, 0.5) is 22.0 Å². The summed E-state index contributed by atoms with van der Waals surface area (Å²) >= 11 is 9.23. The van der Waals surface area contributed by atoms with Crippen LogP contribution in [-0.4, -0.2) is 28.0 Å². The topological polar surface area (TPSA) is 53.9 Å². The first kappa shape index (κ1) is 14.5. The van der Waals surface area contributed by atoms with Crippen molar-refractivity contribution in [3.05, 3.63) is 33.8 Å². The van der Waals surface area contributed by atoms with E-state index in [0.29, 0.717) is 10.4 Å². The minimum atomic E-state index is -0.399. The summed E-state index contributed by atoms with van der Waals surface area (Å²) in [5.74, 6) is 0.341. The standard InChI is InChI=1S/C13H12BrClFN5/c14-8-4-3-5-9(16)10(8)17-12-18-11(15)19-13(20-12)21-6-1-2-7-21/h3-5H,1-2,6-7H2,(H,17,18,19,20). The number of aromatic nitrogens is 3. The molecule has 8 heteroatoms. The molecule has 0 bridgehead atoms. The first-order chi connectivity index (χ1) is 10.1. The van der Waals surface area contributed by atoms with Gasteiger partial charge in [0.2, 0.25) is 17.2 Å². The number of para-hydroxylation sites is 1.